The van der Waals surface area contributed by atoms with Crippen LogP contribution in [0.3, 0.4) is 0 Å². The molecule has 0 saturated carbocycles. The van der Waals surface area contributed by atoms with Gasteiger partial charge in [-0.15, -0.1) is 52.7 Å². The third-order valence-corrected chi connectivity index (χ3v) is 9.29. The SMILES string of the molecule is O=C1O[C@H]([C@H](CO)OP(=O)(OCc2ccc(OC(F)(F)F)cc2)OCc2ccc(OC(F)(F)F)cc2)C(OCc2ccc(OC(F)(F)F)cc2)=C1OCc1ccc(OC(F)(F)F)cc1. The summed E-state index contributed by atoms with van der Waals surface area (Å²) in [5.41, 5.74) is 0.410. The molecule has 1 aliphatic rings. The van der Waals surface area contributed by atoms with E-state index >= 15 is 0 Å². The van der Waals surface area contributed by atoms with Gasteiger partial charge in [-0.05, 0) is 70.8 Å². The van der Waals surface area contributed by atoms with Crippen LogP contribution in [0.4, 0.5) is 52.7 Å². The Balaban J connectivity index is 1.41. The van der Waals surface area contributed by atoms with Crippen molar-refractivity contribution in [1.82, 2.24) is 0 Å². The number of aliphatic hydroxyl groups excluding tert-OH is 1. The molecule has 0 amide bonds. The first-order valence-electron chi connectivity index (χ1n) is 17.6. The highest BCUT2D eigenvalue weighted by Crippen LogP contribution is 2.53. The summed E-state index contributed by atoms with van der Waals surface area (Å²) >= 11 is 0. The van der Waals surface area contributed by atoms with E-state index in [0.717, 1.165) is 97.1 Å². The Bertz CT molecular complexity index is 2160. The number of aliphatic hydroxyl groups is 1. The molecule has 0 spiro atoms. The third-order valence-electron chi connectivity index (χ3n) is 7.87. The summed E-state index contributed by atoms with van der Waals surface area (Å²) in [4.78, 5) is 13.3. The molecular formula is C38H29F12O13P. The van der Waals surface area contributed by atoms with Crippen LogP contribution < -0.4 is 18.9 Å². The van der Waals surface area contributed by atoms with Crippen molar-refractivity contribution < 1.29 is 114 Å². The van der Waals surface area contributed by atoms with Gasteiger partial charge in [0.25, 0.3) is 0 Å². The van der Waals surface area contributed by atoms with Gasteiger partial charge in [0.05, 0.1) is 19.8 Å². The second-order valence-corrected chi connectivity index (χ2v) is 14.3. The maximum absolute atomic E-state index is 14.3. The standard InChI is InChI=1S/C38H29F12O13P/c39-35(40,41)59-26-9-1-22(2-10-26)18-54-32-31(58-34(52)33(32)55-19-23-3-11-27(12-4-23)60-36(42,43)44)30(17-51)63-64(53,56-20-24-5-13-28(14-6-24)61-37(45,46)47)57-21-25-7-15-29(16-8-25)62-38(48,49)50/h1-16,30-31,51H,17-21H2/t30-,31+/m0/s1. The lowest BCUT2D eigenvalue weighted by molar-refractivity contribution is -0.275. The van der Waals surface area contributed by atoms with E-state index in [1.807, 2.05) is 0 Å². The van der Waals surface area contributed by atoms with Crippen molar-refractivity contribution >= 4 is 13.8 Å². The monoisotopic (exact) mass is 952 g/mol. The summed E-state index contributed by atoms with van der Waals surface area (Å²) < 4.78 is 215. The van der Waals surface area contributed by atoms with Crippen LogP contribution in [0, 0.1) is 0 Å². The van der Waals surface area contributed by atoms with Gasteiger partial charge in [0.1, 0.15) is 42.3 Å². The maximum atomic E-state index is 14.3. The molecule has 2 atom stereocenters. The third kappa shape index (κ3) is 16.0. The van der Waals surface area contributed by atoms with Crippen molar-refractivity contribution in [3.8, 4) is 23.0 Å². The minimum atomic E-state index is -5.11. The van der Waals surface area contributed by atoms with Crippen LogP contribution in [-0.4, -0.2) is 55.3 Å². The molecule has 0 saturated heterocycles. The number of rotatable bonds is 20. The Morgan fingerprint density at radius 2 is 0.828 bits per heavy atom. The Labute approximate surface area is 352 Å². The van der Waals surface area contributed by atoms with Crippen molar-refractivity contribution in [2.24, 2.45) is 0 Å². The summed E-state index contributed by atoms with van der Waals surface area (Å²) in [7, 11) is -5.11. The summed E-state index contributed by atoms with van der Waals surface area (Å²) in [5, 5.41) is 10.5. The minimum absolute atomic E-state index is 0.0488. The molecular weight excluding hydrogens is 923 g/mol. The van der Waals surface area contributed by atoms with Crippen LogP contribution in [0.25, 0.3) is 0 Å². The van der Waals surface area contributed by atoms with Crippen LogP contribution in [0.2, 0.25) is 0 Å². The zero-order chi connectivity index (χ0) is 46.9. The molecule has 0 aliphatic carbocycles. The van der Waals surface area contributed by atoms with Crippen LogP contribution in [0.1, 0.15) is 22.3 Å². The molecule has 0 fully saturated rings. The number of halogens is 12. The number of carbonyl (C=O) groups excluding carboxylic acids is 1. The lowest BCUT2D eigenvalue weighted by Crippen LogP contribution is -2.35. The van der Waals surface area contributed by atoms with Gasteiger partial charge < -0.3 is 38.3 Å². The van der Waals surface area contributed by atoms with Gasteiger partial charge in [-0.2, -0.15) is 0 Å². The molecule has 64 heavy (non-hydrogen) atoms. The van der Waals surface area contributed by atoms with Gasteiger partial charge >= 0.3 is 39.2 Å². The van der Waals surface area contributed by atoms with Crippen LogP contribution >= 0.6 is 7.82 Å². The molecule has 1 N–H and O–H groups in total. The Morgan fingerprint density at radius 1 is 0.516 bits per heavy atom. The molecule has 0 aromatic heterocycles. The number of hydrogen-bond donors (Lipinski definition) is 1. The van der Waals surface area contributed by atoms with Crippen molar-refractivity contribution in [2.45, 2.75) is 64.1 Å². The number of phosphoric acid groups is 1. The number of alkyl halides is 12. The Kier molecular flexibility index (Phi) is 15.6. The number of cyclic esters (lactones) is 1. The highest BCUT2D eigenvalue weighted by Gasteiger charge is 2.47. The summed E-state index contributed by atoms with van der Waals surface area (Å²) in [6.45, 7) is -3.77. The fourth-order valence-electron chi connectivity index (χ4n) is 5.20. The van der Waals surface area contributed by atoms with E-state index in [0.29, 0.717) is 0 Å². The van der Waals surface area contributed by atoms with Crippen molar-refractivity contribution in [3.05, 3.63) is 131 Å². The molecule has 348 valence electrons. The molecule has 0 radical (unpaired) electrons. The number of phosphoric ester groups is 1. The first kappa shape index (κ1) is 49.1. The van der Waals surface area contributed by atoms with E-state index in [1.54, 1.807) is 0 Å². The van der Waals surface area contributed by atoms with Gasteiger partial charge in [0.2, 0.25) is 5.76 Å². The van der Waals surface area contributed by atoms with Crippen LogP contribution in [0.15, 0.2) is 109 Å². The van der Waals surface area contributed by atoms with E-state index in [-0.39, 0.29) is 22.3 Å². The van der Waals surface area contributed by atoms with Crippen LogP contribution in [0.5, 0.6) is 23.0 Å². The summed E-state index contributed by atoms with van der Waals surface area (Å²) in [6.07, 6.45) is -24.0. The highest BCUT2D eigenvalue weighted by atomic mass is 31.2. The number of esters is 1. The van der Waals surface area contributed by atoms with E-state index < -0.39 is 119 Å². The minimum Gasteiger partial charge on any atom is -0.485 e. The molecule has 26 heteroatoms. The molecule has 1 heterocycles. The molecule has 4 aromatic rings. The van der Waals surface area contributed by atoms with E-state index in [4.69, 9.17) is 27.8 Å². The van der Waals surface area contributed by atoms with Crippen molar-refractivity contribution in [1.29, 1.82) is 0 Å². The predicted molar refractivity (Wildman–Crippen MR) is 188 cm³/mol. The molecule has 5 rings (SSSR count). The second-order valence-electron chi connectivity index (χ2n) is 12.7. The second kappa shape index (κ2) is 20.3. The first-order chi connectivity index (χ1) is 29.8. The molecule has 13 nitrogen and oxygen atoms in total. The van der Waals surface area contributed by atoms with Crippen molar-refractivity contribution in [3.63, 3.8) is 0 Å². The Hall–Kier alpha value is -5.88. The van der Waals surface area contributed by atoms with E-state index in [2.05, 4.69) is 18.9 Å². The zero-order valence-corrected chi connectivity index (χ0v) is 32.7. The summed E-state index contributed by atoms with van der Waals surface area (Å²) in [6, 6.07) is 16.1. The normalized spacial score (nSPS) is 15.4. The van der Waals surface area contributed by atoms with Crippen LogP contribution in [-0.2, 0) is 63.6 Å². The first-order valence-corrected chi connectivity index (χ1v) is 19.1. The zero-order valence-electron chi connectivity index (χ0n) is 31.8. The summed E-state index contributed by atoms with van der Waals surface area (Å²) in [5.74, 6) is -5.07. The van der Waals surface area contributed by atoms with Gasteiger partial charge in [-0.25, -0.2) is 9.36 Å². The highest BCUT2D eigenvalue weighted by molar-refractivity contribution is 7.48. The quantitative estimate of drug-likeness (QED) is 0.0510. The van der Waals surface area contributed by atoms with E-state index in [1.165, 1.54) is 0 Å². The lowest BCUT2D eigenvalue weighted by Gasteiger charge is -2.27. The predicted octanol–water partition coefficient (Wildman–Crippen LogP) is 10.1. The average molecular weight is 953 g/mol. The topological polar surface area (TPSA) is 147 Å². The van der Waals surface area contributed by atoms with E-state index in [9.17, 15) is 67.2 Å². The number of carbonyl (C=O) groups is 1. The molecule has 4 aromatic carbocycles. The lowest BCUT2D eigenvalue weighted by atomic mass is 10.1. The van der Waals surface area contributed by atoms with Gasteiger partial charge in [-0.3, -0.25) is 13.6 Å². The molecule has 0 unspecified atom stereocenters. The van der Waals surface area contributed by atoms with Gasteiger partial charge in [0.15, 0.2) is 11.9 Å². The van der Waals surface area contributed by atoms with Gasteiger partial charge in [-0.1, -0.05) is 48.5 Å². The van der Waals surface area contributed by atoms with Crippen molar-refractivity contribution in [2.75, 3.05) is 6.61 Å². The maximum Gasteiger partial charge on any atom is 0.573 e. The molecule has 0 bridgehead atoms. The number of ether oxygens (including phenoxy) is 7. The smallest absolute Gasteiger partial charge is 0.485 e. The Morgan fingerprint density at radius 3 is 1.14 bits per heavy atom. The largest absolute Gasteiger partial charge is 0.573 e. The number of hydrogen-bond acceptors (Lipinski definition) is 13. The molecule has 1 aliphatic heterocycles. The number of benzene rings is 4. The van der Waals surface area contributed by atoms with Gasteiger partial charge in [0, 0.05) is 0 Å². The fraction of sp³-hybridized carbons (Fsp3) is 0.289. The average Bonchev–Trinajstić information content (AvgIpc) is 3.50. The fourth-order valence-corrected chi connectivity index (χ4v) is 6.52.